The highest BCUT2D eigenvalue weighted by atomic mass is 16.5. The molecule has 1 unspecified atom stereocenters. The number of rotatable bonds is 4. The van der Waals surface area contributed by atoms with Crippen molar-refractivity contribution in [2.75, 3.05) is 7.05 Å². The van der Waals surface area contributed by atoms with Gasteiger partial charge in [0, 0.05) is 5.39 Å². The van der Waals surface area contributed by atoms with Gasteiger partial charge in [0.1, 0.15) is 5.58 Å². The van der Waals surface area contributed by atoms with Crippen LogP contribution in [0.5, 0.6) is 0 Å². The van der Waals surface area contributed by atoms with Crippen LogP contribution in [0.25, 0.3) is 22.6 Å². The van der Waals surface area contributed by atoms with E-state index in [1.807, 2.05) is 37.4 Å². The zero-order valence-corrected chi connectivity index (χ0v) is 10.9. The first-order valence-electron chi connectivity index (χ1n) is 6.31. The highest BCUT2D eigenvalue weighted by Gasteiger charge is 2.18. The molecule has 2 aromatic heterocycles. The zero-order valence-electron chi connectivity index (χ0n) is 10.9. The van der Waals surface area contributed by atoms with Crippen LogP contribution < -0.4 is 5.32 Å². The van der Waals surface area contributed by atoms with Gasteiger partial charge in [0.2, 0.25) is 11.7 Å². The fourth-order valence-electron chi connectivity index (χ4n) is 2.07. The molecule has 19 heavy (non-hydrogen) atoms. The first-order valence-corrected chi connectivity index (χ1v) is 6.31. The van der Waals surface area contributed by atoms with Gasteiger partial charge in [-0.25, -0.2) is 0 Å². The molecule has 1 N–H and O–H groups in total. The van der Waals surface area contributed by atoms with Crippen LogP contribution in [0.3, 0.4) is 0 Å². The van der Waals surface area contributed by atoms with Gasteiger partial charge in [-0.2, -0.15) is 4.98 Å². The molecule has 0 radical (unpaired) electrons. The van der Waals surface area contributed by atoms with E-state index in [2.05, 4.69) is 22.4 Å². The Kier molecular flexibility index (Phi) is 3.05. The van der Waals surface area contributed by atoms with E-state index in [-0.39, 0.29) is 6.04 Å². The molecule has 0 amide bonds. The van der Waals surface area contributed by atoms with E-state index in [1.54, 1.807) is 0 Å². The predicted octanol–water partition coefficient (Wildman–Crippen LogP) is 3.15. The highest BCUT2D eigenvalue weighted by Crippen LogP contribution is 2.26. The molecule has 0 saturated heterocycles. The van der Waals surface area contributed by atoms with E-state index in [1.165, 1.54) is 0 Å². The van der Waals surface area contributed by atoms with Gasteiger partial charge in [-0.15, -0.1) is 0 Å². The molecule has 0 aliphatic heterocycles. The smallest absolute Gasteiger partial charge is 0.244 e. The third-order valence-electron chi connectivity index (χ3n) is 3.14. The van der Waals surface area contributed by atoms with Crippen LogP contribution in [0.2, 0.25) is 0 Å². The van der Waals surface area contributed by atoms with E-state index in [9.17, 15) is 0 Å². The lowest BCUT2D eigenvalue weighted by atomic mass is 10.2. The number of fused-ring (bicyclic) bond motifs is 1. The minimum absolute atomic E-state index is 0.0747. The van der Waals surface area contributed by atoms with Crippen LogP contribution in [0.1, 0.15) is 25.3 Å². The minimum Gasteiger partial charge on any atom is -0.453 e. The standard InChI is InChI=1S/C14H15N3O2/c1-3-10(15-2)14-16-13(17-19-14)12-8-9-6-4-5-7-11(9)18-12/h4-8,10,15H,3H2,1-2H3. The number of furan rings is 1. The van der Waals surface area contributed by atoms with Crippen molar-refractivity contribution in [3.63, 3.8) is 0 Å². The summed E-state index contributed by atoms with van der Waals surface area (Å²) in [6.45, 7) is 2.06. The van der Waals surface area contributed by atoms with Gasteiger partial charge in [-0.3, -0.25) is 0 Å². The van der Waals surface area contributed by atoms with E-state index in [0.29, 0.717) is 17.5 Å². The van der Waals surface area contributed by atoms with E-state index < -0.39 is 0 Å². The summed E-state index contributed by atoms with van der Waals surface area (Å²) in [5.41, 5.74) is 0.824. The molecule has 98 valence electrons. The topological polar surface area (TPSA) is 64.1 Å². The largest absolute Gasteiger partial charge is 0.453 e. The van der Waals surface area contributed by atoms with Gasteiger partial charge in [0.25, 0.3) is 0 Å². The fourth-order valence-corrected chi connectivity index (χ4v) is 2.07. The first kappa shape index (κ1) is 11.9. The summed E-state index contributed by atoms with van der Waals surface area (Å²) in [5, 5.41) is 8.14. The van der Waals surface area contributed by atoms with Crippen LogP contribution in [0.4, 0.5) is 0 Å². The second-order valence-corrected chi connectivity index (χ2v) is 4.35. The van der Waals surface area contributed by atoms with Crippen molar-refractivity contribution in [3.05, 3.63) is 36.2 Å². The maximum Gasteiger partial charge on any atom is 0.244 e. The molecule has 5 heteroatoms. The molecule has 3 rings (SSSR count). The van der Waals surface area contributed by atoms with Gasteiger partial charge in [0.05, 0.1) is 6.04 Å². The van der Waals surface area contributed by atoms with Crippen molar-refractivity contribution < 1.29 is 8.94 Å². The zero-order chi connectivity index (χ0) is 13.2. The maximum absolute atomic E-state index is 5.71. The minimum atomic E-state index is 0.0747. The van der Waals surface area contributed by atoms with Crippen LogP contribution in [0.15, 0.2) is 39.3 Å². The molecule has 3 aromatic rings. The third kappa shape index (κ3) is 2.13. The van der Waals surface area contributed by atoms with Crippen LogP contribution in [-0.2, 0) is 0 Å². The summed E-state index contributed by atoms with van der Waals surface area (Å²) in [4.78, 5) is 4.38. The molecule has 1 atom stereocenters. The Hall–Kier alpha value is -2.14. The normalized spacial score (nSPS) is 12.9. The summed E-state index contributed by atoms with van der Waals surface area (Å²) in [6, 6.07) is 9.81. The van der Waals surface area contributed by atoms with Crippen LogP contribution >= 0.6 is 0 Å². The average molecular weight is 257 g/mol. The lowest BCUT2D eigenvalue weighted by Crippen LogP contribution is -2.15. The predicted molar refractivity (Wildman–Crippen MR) is 71.6 cm³/mol. The third-order valence-corrected chi connectivity index (χ3v) is 3.14. The van der Waals surface area contributed by atoms with Gasteiger partial charge >= 0.3 is 0 Å². The number of benzene rings is 1. The summed E-state index contributed by atoms with van der Waals surface area (Å²) in [7, 11) is 1.87. The molecule has 0 aliphatic carbocycles. The van der Waals surface area contributed by atoms with E-state index >= 15 is 0 Å². The molecule has 2 heterocycles. The lowest BCUT2D eigenvalue weighted by Gasteiger charge is -2.06. The van der Waals surface area contributed by atoms with Crippen LogP contribution in [-0.4, -0.2) is 17.2 Å². The van der Waals surface area contributed by atoms with Gasteiger partial charge in [0.15, 0.2) is 5.76 Å². The lowest BCUT2D eigenvalue weighted by molar-refractivity contribution is 0.334. The number of hydrogen-bond donors (Lipinski definition) is 1. The van der Waals surface area contributed by atoms with Gasteiger partial charge in [-0.05, 0) is 25.6 Å². The van der Waals surface area contributed by atoms with Crippen molar-refractivity contribution >= 4 is 11.0 Å². The molecule has 0 spiro atoms. The van der Waals surface area contributed by atoms with Crippen molar-refractivity contribution in [3.8, 4) is 11.6 Å². The Morgan fingerprint density at radius 1 is 1.32 bits per heavy atom. The number of nitrogens with zero attached hydrogens (tertiary/aromatic N) is 2. The summed E-state index contributed by atoms with van der Waals surface area (Å²) >= 11 is 0. The fraction of sp³-hybridized carbons (Fsp3) is 0.286. The molecular formula is C14H15N3O2. The Morgan fingerprint density at radius 3 is 2.89 bits per heavy atom. The molecule has 0 bridgehead atoms. The SMILES string of the molecule is CCC(NC)c1nc(-c2cc3ccccc3o2)no1. The van der Waals surface area contributed by atoms with Crippen molar-refractivity contribution in [1.82, 2.24) is 15.5 Å². The Labute approximate surface area is 110 Å². The van der Waals surface area contributed by atoms with Gasteiger partial charge < -0.3 is 14.3 Å². The molecule has 5 nitrogen and oxygen atoms in total. The van der Waals surface area contributed by atoms with Crippen LogP contribution in [0, 0.1) is 0 Å². The van der Waals surface area contributed by atoms with Crippen molar-refractivity contribution in [2.24, 2.45) is 0 Å². The van der Waals surface area contributed by atoms with E-state index in [4.69, 9.17) is 8.94 Å². The second-order valence-electron chi connectivity index (χ2n) is 4.35. The molecule has 0 saturated carbocycles. The molecular weight excluding hydrogens is 242 g/mol. The van der Waals surface area contributed by atoms with Gasteiger partial charge in [-0.1, -0.05) is 30.3 Å². The molecule has 1 aromatic carbocycles. The molecule has 0 aliphatic rings. The summed E-state index contributed by atoms with van der Waals surface area (Å²) in [5.74, 6) is 1.70. The number of hydrogen-bond acceptors (Lipinski definition) is 5. The average Bonchev–Trinajstić information content (AvgIpc) is 3.06. The van der Waals surface area contributed by atoms with Crippen molar-refractivity contribution in [1.29, 1.82) is 0 Å². The Bertz CT molecular complexity index is 650. The second kappa shape index (κ2) is 4.85. The number of para-hydroxylation sites is 1. The maximum atomic E-state index is 5.71. The Balaban J connectivity index is 1.97. The summed E-state index contributed by atoms with van der Waals surface area (Å²) < 4.78 is 11.0. The molecule has 0 fully saturated rings. The number of nitrogens with one attached hydrogen (secondary N) is 1. The summed E-state index contributed by atoms with van der Waals surface area (Å²) in [6.07, 6.45) is 0.887. The highest BCUT2D eigenvalue weighted by molar-refractivity contribution is 5.81. The number of aromatic nitrogens is 2. The monoisotopic (exact) mass is 257 g/mol. The first-order chi connectivity index (χ1) is 9.31. The quantitative estimate of drug-likeness (QED) is 0.777. The Morgan fingerprint density at radius 2 is 2.16 bits per heavy atom. The van der Waals surface area contributed by atoms with Crippen molar-refractivity contribution in [2.45, 2.75) is 19.4 Å². The van der Waals surface area contributed by atoms with E-state index in [0.717, 1.165) is 17.4 Å².